The van der Waals surface area contributed by atoms with E-state index in [1.165, 1.54) is 0 Å². The number of aromatic nitrogens is 2. The van der Waals surface area contributed by atoms with Crippen LogP contribution in [-0.2, 0) is 0 Å². The molecule has 0 bridgehead atoms. The molecule has 4 rings (SSSR count). The molecule has 0 saturated carbocycles. The summed E-state index contributed by atoms with van der Waals surface area (Å²) >= 11 is 6.40. The molecule has 26 heavy (non-hydrogen) atoms. The smallest absolute Gasteiger partial charge is 0.255 e. The van der Waals surface area contributed by atoms with E-state index >= 15 is 0 Å². The quantitative estimate of drug-likeness (QED) is 0.503. The Morgan fingerprint density at radius 1 is 0.808 bits per heavy atom. The number of hydrogen-bond donors (Lipinski definition) is 0. The first-order valence-electron chi connectivity index (χ1n) is 8.22. The molecule has 0 atom stereocenters. The van der Waals surface area contributed by atoms with Gasteiger partial charge in [0, 0.05) is 40.3 Å². The minimum atomic E-state index is -0.0872. The van der Waals surface area contributed by atoms with Crippen molar-refractivity contribution in [3.63, 3.8) is 0 Å². The summed E-state index contributed by atoms with van der Waals surface area (Å²) in [4.78, 5) is 16.7. The number of halogens is 1. The highest BCUT2D eigenvalue weighted by atomic mass is 35.5. The van der Waals surface area contributed by atoms with Crippen LogP contribution in [0.25, 0.3) is 28.1 Å². The minimum absolute atomic E-state index is 0.0872. The zero-order chi connectivity index (χ0) is 17.9. The molecule has 0 N–H and O–H groups in total. The largest absolute Gasteiger partial charge is 0.284 e. The maximum atomic E-state index is 12.3. The van der Waals surface area contributed by atoms with E-state index in [4.69, 9.17) is 11.6 Å². The number of nitrogens with zero attached hydrogens (tertiary/aromatic N) is 2. The summed E-state index contributed by atoms with van der Waals surface area (Å²) in [6.07, 6.45) is 3.52. The van der Waals surface area contributed by atoms with E-state index in [-0.39, 0.29) is 5.56 Å². The van der Waals surface area contributed by atoms with Crippen LogP contribution in [0.1, 0.15) is 0 Å². The number of pyridine rings is 2. The van der Waals surface area contributed by atoms with Gasteiger partial charge in [-0.3, -0.25) is 14.3 Å². The lowest BCUT2D eigenvalue weighted by Crippen LogP contribution is -2.15. The lowest BCUT2D eigenvalue weighted by atomic mass is 10.00. The molecule has 0 fully saturated rings. The molecular weight excluding hydrogens is 344 g/mol. The van der Waals surface area contributed by atoms with Gasteiger partial charge in [0.15, 0.2) is 0 Å². The van der Waals surface area contributed by atoms with Crippen molar-refractivity contribution in [1.82, 2.24) is 9.55 Å². The van der Waals surface area contributed by atoms with Crippen LogP contribution >= 0.6 is 11.6 Å². The molecule has 0 unspecified atom stereocenters. The van der Waals surface area contributed by atoms with Crippen LogP contribution in [0.4, 0.5) is 0 Å². The van der Waals surface area contributed by atoms with Crippen LogP contribution < -0.4 is 5.56 Å². The lowest BCUT2D eigenvalue weighted by molar-refractivity contribution is 0.991. The fourth-order valence-corrected chi connectivity index (χ4v) is 3.17. The first-order chi connectivity index (χ1) is 12.7. The van der Waals surface area contributed by atoms with Crippen molar-refractivity contribution >= 4 is 11.6 Å². The van der Waals surface area contributed by atoms with Crippen molar-refractivity contribution in [1.29, 1.82) is 0 Å². The standard InChI is InChI=1S/C22H15ClN2O/c23-20-8-2-1-7-19(20)16-13-17(21-9-3-5-11-24-21)15-18(14-16)25-12-6-4-10-22(25)26/h1-15H. The average Bonchev–Trinajstić information content (AvgIpc) is 2.69. The SMILES string of the molecule is O=c1ccccn1-c1cc(-c2ccccn2)cc(-c2ccccc2Cl)c1. The van der Waals surface area contributed by atoms with Crippen LogP contribution in [0.5, 0.6) is 0 Å². The van der Waals surface area contributed by atoms with Gasteiger partial charge in [-0.1, -0.05) is 41.9 Å². The summed E-state index contributed by atoms with van der Waals surface area (Å²) in [5.74, 6) is 0. The molecule has 3 nitrogen and oxygen atoms in total. The van der Waals surface area contributed by atoms with Gasteiger partial charge in [0.1, 0.15) is 0 Å². The second-order valence-corrected chi connectivity index (χ2v) is 6.28. The molecule has 0 saturated heterocycles. The van der Waals surface area contributed by atoms with Crippen LogP contribution in [-0.4, -0.2) is 9.55 Å². The summed E-state index contributed by atoms with van der Waals surface area (Å²) in [6, 6.07) is 24.5. The van der Waals surface area contributed by atoms with Gasteiger partial charge in [0.05, 0.1) is 5.69 Å². The Morgan fingerprint density at radius 2 is 1.58 bits per heavy atom. The Bertz CT molecular complexity index is 1120. The van der Waals surface area contributed by atoms with Gasteiger partial charge in [-0.25, -0.2) is 0 Å². The Kier molecular flexibility index (Phi) is 4.38. The molecule has 0 radical (unpaired) electrons. The zero-order valence-corrected chi connectivity index (χ0v) is 14.6. The van der Waals surface area contributed by atoms with E-state index in [1.54, 1.807) is 29.1 Å². The third-order valence-corrected chi connectivity index (χ3v) is 4.49. The highest BCUT2D eigenvalue weighted by molar-refractivity contribution is 6.33. The van der Waals surface area contributed by atoms with Gasteiger partial charge >= 0.3 is 0 Å². The molecule has 0 aliphatic rings. The van der Waals surface area contributed by atoms with Crippen molar-refractivity contribution in [2.24, 2.45) is 0 Å². The normalized spacial score (nSPS) is 10.7. The van der Waals surface area contributed by atoms with Crippen molar-refractivity contribution in [2.75, 3.05) is 0 Å². The molecular formula is C22H15ClN2O. The molecule has 0 aliphatic heterocycles. The fourth-order valence-electron chi connectivity index (χ4n) is 2.92. The van der Waals surface area contributed by atoms with E-state index in [0.29, 0.717) is 5.02 Å². The van der Waals surface area contributed by atoms with Gasteiger partial charge in [-0.05, 0) is 48.0 Å². The van der Waals surface area contributed by atoms with Crippen LogP contribution in [0, 0.1) is 0 Å². The summed E-state index contributed by atoms with van der Waals surface area (Å²) in [6.45, 7) is 0. The maximum absolute atomic E-state index is 12.3. The third kappa shape index (κ3) is 3.17. The van der Waals surface area contributed by atoms with Gasteiger partial charge in [-0.2, -0.15) is 0 Å². The van der Waals surface area contributed by atoms with Crippen molar-refractivity contribution in [2.45, 2.75) is 0 Å². The topological polar surface area (TPSA) is 34.9 Å². The van der Waals surface area contributed by atoms with E-state index < -0.39 is 0 Å². The van der Waals surface area contributed by atoms with E-state index in [2.05, 4.69) is 4.98 Å². The molecule has 0 aliphatic carbocycles. The van der Waals surface area contributed by atoms with Crippen molar-refractivity contribution in [3.8, 4) is 28.1 Å². The van der Waals surface area contributed by atoms with Crippen molar-refractivity contribution in [3.05, 3.63) is 107 Å². The lowest BCUT2D eigenvalue weighted by Gasteiger charge is -2.12. The Hall–Kier alpha value is -3.17. The molecule has 4 heteroatoms. The highest BCUT2D eigenvalue weighted by Gasteiger charge is 2.10. The molecule has 2 aromatic carbocycles. The molecule has 0 amide bonds. The fraction of sp³-hybridized carbons (Fsp3) is 0. The molecule has 4 aromatic rings. The van der Waals surface area contributed by atoms with Gasteiger partial charge in [0.25, 0.3) is 5.56 Å². The summed E-state index contributed by atoms with van der Waals surface area (Å²) in [5, 5.41) is 0.664. The van der Waals surface area contributed by atoms with Gasteiger partial charge in [-0.15, -0.1) is 0 Å². The molecule has 2 aromatic heterocycles. The predicted octanol–water partition coefficient (Wildman–Crippen LogP) is 5.22. The molecule has 126 valence electrons. The van der Waals surface area contributed by atoms with Crippen LogP contribution in [0.2, 0.25) is 5.02 Å². The third-order valence-electron chi connectivity index (χ3n) is 4.16. The highest BCUT2D eigenvalue weighted by Crippen LogP contribution is 2.32. The maximum Gasteiger partial charge on any atom is 0.255 e. The van der Waals surface area contributed by atoms with Crippen LogP contribution in [0.15, 0.2) is 96.1 Å². The molecule has 2 heterocycles. The number of hydrogen-bond acceptors (Lipinski definition) is 2. The summed E-state index contributed by atoms with van der Waals surface area (Å²) in [5.41, 5.74) is 4.30. The predicted molar refractivity (Wildman–Crippen MR) is 106 cm³/mol. The first kappa shape index (κ1) is 16.3. The number of rotatable bonds is 3. The van der Waals surface area contributed by atoms with E-state index in [9.17, 15) is 4.79 Å². The second-order valence-electron chi connectivity index (χ2n) is 5.87. The minimum Gasteiger partial charge on any atom is -0.284 e. The Balaban J connectivity index is 1.98. The van der Waals surface area contributed by atoms with Gasteiger partial charge in [0.2, 0.25) is 0 Å². The van der Waals surface area contributed by atoms with Crippen LogP contribution in [0.3, 0.4) is 0 Å². The average molecular weight is 359 g/mol. The van der Waals surface area contributed by atoms with Gasteiger partial charge < -0.3 is 0 Å². The first-order valence-corrected chi connectivity index (χ1v) is 8.60. The second kappa shape index (κ2) is 6.98. The monoisotopic (exact) mass is 358 g/mol. The number of benzene rings is 2. The Morgan fingerprint density at radius 3 is 2.35 bits per heavy atom. The zero-order valence-electron chi connectivity index (χ0n) is 13.8. The Labute approximate surface area is 156 Å². The summed E-state index contributed by atoms with van der Waals surface area (Å²) in [7, 11) is 0. The van der Waals surface area contributed by atoms with E-state index in [0.717, 1.165) is 28.1 Å². The summed E-state index contributed by atoms with van der Waals surface area (Å²) < 4.78 is 1.62. The molecule has 0 spiro atoms. The van der Waals surface area contributed by atoms with E-state index in [1.807, 2.05) is 66.7 Å². The van der Waals surface area contributed by atoms with Crippen molar-refractivity contribution < 1.29 is 0 Å².